The van der Waals surface area contributed by atoms with Gasteiger partial charge < -0.3 is 0 Å². The van der Waals surface area contributed by atoms with Gasteiger partial charge in [0.05, 0.1) is 0 Å². The van der Waals surface area contributed by atoms with Crippen molar-refractivity contribution in [3.8, 4) is 0 Å². The first kappa shape index (κ1) is 11.0. The normalized spacial score (nSPS) is 35.5. The maximum Gasteiger partial charge on any atom is 0.100 e. The van der Waals surface area contributed by atoms with Crippen LogP contribution in [-0.4, -0.2) is 6.17 Å². The largest absolute Gasteiger partial charge is 0.247 e. The summed E-state index contributed by atoms with van der Waals surface area (Å²) in [4.78, 5) is 0. The fourth-order valence-electron chi connectivity index (χ4n) is 2.70. The summed E-state index contributed by atoms with van der Waals surface area (Å²) >= 11 is 0. The first-order valence-electron chi connectivity index (χ1n) is 5.78. The van der Waals surface area contributed by atoms with Gasteiger partial charge in [-0.05, 0) is 43.4 Å². The fraction of sp³-hybridized carbons (Fsp3) is 1.00. The van der Waals surface area contributed by atoms with Crippen LogP contribution in [0.4, 0.5) is 4.39 Å². The molecule has 0 aromatic heterocycles. The van der Waals surface area contributed by atoms with Crippen LogP contribution in [-0.2, 0) is 0 Å². The Kier molecular flexibility index (Phi) is 3.75. The zero-order valence-electron chi connectivity index (χ0n) is 9.28. The van der Waals surface area contributed by atoms with E-state index in [9.17, 15) is 4.39 Å². The third-order valence-corrected chi connectivity index (χ3v) is 3.94. The molecule has 0 spiro atoms. The van der Waals surface area contributed by atoms with Crippen LogP contribution in [0.15, 0.2) is 0 Å². The number of hydrogen-bond acceptors (Lipinski definition) is 0. The van der Waals surface area contributed by atoms with Crippen molar-refractivity contribution in [1.29, 1.82) is 0 Å². The Morgan fingerprint density at radius 3 is 2.46 bits per heavy atom. The molecule has 0 radical (unpaired) electrons. The molecule has 1 aliphatic carbocycles. The Morgan fingerprint density at radius 2 is 2.15 bits per heavy atom. The lowest BCUT2D eigenvalue weighted by atomic mass is 9.56. The number of hydrogen-bond donors (Lipinski definition) is 0. The van der Waals surface area contributed by atoms with E-state index in [-0.39, 0.29) is 0 Å². The van der Waals surface area contributed by atoms with E-state index < -0.39 is 6.17 Å². The van der Waals surface area contributed by atoms with Gasteiger partial charge in [-0.1, -0.05) is 27.2 Å². The van der Waals surface area contributed by atoms with E-state index in [0.717, 1.165) is 12.3 Å². The van der Waals surface area contributed by atoms with Crippen LogP contribution in [0, 0.1) is 11.3 Å². The first-order chi connectivity index (χ1) is 6.14. The highest BCUT2D eigenvalue weighted by molar-refractivity contribution is 4.94. The van der Waals surface area contributed by atoms with E-state index in [0.29, 0.717) is 11.8 Å². The highest BCUT2D eigenvalue weighted by Gasteiger charge is 2.43. The van der Waals surface area contributed by atoms with E-state index >= 15 is 0 Å². The highest BCUT2D eigenvalue weighted by atomic mass is 19.1. The lowest BCUT2D eigenvalue weighted by Crippen LogP contribution is -2.40. The van der Waals surface area contributed by atoms with Gasteiger partial charge in [-0.25, -0.2) is 4.39 Å². The third-order valence-electron chi connectivity index (χ3n) is 3.94. The van der Waals surface area contributed by atoms with Gasteiger partial charge in [-0.15, -0.1) is 0 Å². The SMILES string of the molecule is CCC[C@@]1(C[C@@H](F)CC)CCC1C. The van der Waals surface area contributed by atoms with E-state index in [2.05, 4.69) is 13.8 Å². The molecule has 0 bridgehead atoms. The molecule has 1 rings (SSSR count). The lowest BCUT2D eigenvalue weighted by molar-refractivity contribution is -0.00186. The molecule has 0 heterocycles. The van der Waals surface area contributed by atoms with Crippen molar-refractivity contribution >= 4 is 0 Å². The quantitative estimate of drug-likeness (QED) is 0.599. The summed E-state index contributed by atoms with van der Waals surface area (Å²) in [5.41, 5.74) is 0.379. The molecule has 3 atom stereocenters. The van der Waals surface area contributed by atoms with E-state index in [1.54, 1.807) is 0 Å². The molecule has 13 heavy (non-hydrogen) atoms. The standard InChI is InChI=1S/C12H23F/c1-4-7-12(8-6-10(12)3)9-11(13)5-2/h10-11H,4-9H2,1-3H3/t10?,11-,12-/m0/s1. The second-order valence-corrected chi connectivity index (χ2v) is 4.76. The Bertz CT molecular complexity index is 155. The average molecular weight is 186 g/mol. The van der Waals surface area contributed by atoms with Crippen molar-refractivity contribution < 1.29 is 4.39 Å². The van der Waals surface area contributed by atoms with Gasteiger partial charge in [0.25, 0.3) is 0 Å². The number of alkyl halides is 1. The molecule has 0 aromatic carbocycles. The summed E-state index contributed by atoms with van der Waals surface area (Å²) in [6.45, 7) is 6.46. The second-order valence-electron chi connectivity index (χ2n) is 4.76. The summed E-state index contributed by atoms with van der Waals surface area (Å²) < 4.78 is 13.3. The van der Waals surface area contributed by atoms with Gasteiger partial charge in [0.15, 0.2) is 0 Å². The minimum absolute atomic E-state index is 0.379. The zero-order valence-corrected chi connectivity index (χ0v) is 9.28. The van der Waals surface area contributed by atoms with Gasteiger partial charge in [0, 0.05) is 0 Å². The summed E-state index contributed by atoms with van der Waals surface area (Å²) in [7, 11) is 0. The van der Waals surface area contributed by atoms with Crippen molar-refractivity contribution in [1.82, 2.24) is 0 Å². The van der Waals surface area contributed by atoms with Crippen molar-refractivity contribution in [3.63, 3.8) is 0 Å². The molecule has 0 nitrogen and oxygen atoms in total. The lowest BCUT2D eigenvalue weighted by Gasteiger charge is -2.49. The Balaban J connectivity index is 2.47. The minimum atomic E-state index is -0.561. The van der Waals surface area contributed by atoms with Crippen LogP contribution in [0.2, 0.25) is 0 Å². The molecule has 1 fully saturated rings. The van der Waals surface area contributed by atoms with Crippen molar-refractivity contribution in [3.05, 3.63) is 0 Å². The van der Waals surface area contributed by atoms with E-state index in [1.807, 2.05) is 6.92 Å². The first-order valence-corrected chi connectivity index (χ1v) is 5.78. The maximum absolute atomic E-state index is 13.3. The second kappa shape index (κ2) is 4.43. The molecule has 0 amide bonds. The average Bonchev–Trinajstić information content (AvgIpc) is 2.14. The molecule has 0 N–H and O–H groups in total. The molecule has 1 heteroatoms. The van der Waals surface area contributed by atoms with Gasteiger partial charge in [-0.2, -0.15) is 0 Å². The molecular formula is C12H23F. The molecule has 78 valence electrons. The maximum atomic E-state index is 13.3. The molecular weight excluding hydrogens is 163 g/mol. The Hall–Kier alpha value is -0.0700. The Morgan fingerprint density at radius 1 is 1.46 bits per heavy atom. The molecule has 0 aliphatic heterocycles. The van der Waals surface area contributed by atoms with Gasteiger partial charge >= 0.3 is 0 Å². The highest BCUT2D eigenvalue weighted by Crippen LogP contribution is 2.53. The van der Waals surface area contributed by atoms with Gasteiger partial charge in [-0.3, -0.25) is 0 Å². The summed E-state index contributed by atoms with van der Waals surface area (Å²) in [6, 6.07) is 0. The van der Waals surface area contributed by atoms with Gasteiger partial charge in [0.2, 0.25) is 0 Å². The molecule has 1 aliphatic rings. The topological polar surface area (TPSA) is 0 Å². The van der Waals surface area contributed by atoms with Crippen molar-refractivity contribution in [2.45, 2.75) is 65.5 Å². The number of rotatable bonds is 5. The fourth-order valence-corrected chi connectivity index (χ4v) is 2.70. The molecule has 1 saturated carbocycles. The van der Waals surface area contributed by atoms with Gasteiger partial charge in [0.1, 0.15) is 6.17 Å². The van der Waals surface area contributed by atoms with E-state index in [1.165, 1.54) is 25.7 Å². The minimum Gasteiger partial charge on any atom is -0.247 e. The predicted octanol–water partition coefficient (Wildman–Crippen LogP) is 4.34. The van der Waals surface area contributed by atoms with Crippen molar-refractivity contribution in [2.24, 2.45) is 11.3 Å². The van der Waals surface area contributed by atoms with Crippen LogP contribution in [0.5, 0.6) is 0 Å². The third kappa shape index (κ3) is 2.24. The van der Waals surface area contributed by atoms with Crippen LogP contribution < -0.4 is 0 Å². The summed E-state index contributed by atoms with van der Waals surface area (Å²) in [5.74, 6) is 0.761. The number of halogens is 1. The molecule has 0 saturated heterocycles. The Labute approximate surface area is 81.9 Å². The van der Waals surface area contributed by atoms with Crippen molar-refractivity contribution in [2.75, 3.05) is 0 Å². The summed E-state index contributed by atoms with van der Waals surface area (Å²) in [5, 5.41) is 0. The van der Waals surface area contributed by atoms with Crippen LogP contribution >= 0.6 is 0 Å². The summed E-state index contributed by atoms with van der Waals surface area (Å²) in [6.07, 6.45) is 5.97. The molecule has 1 unspecified atom stereocenters. The van der Waals surface area contributed by atoms with Crippen LogP contribution in [0.1, 0.15) is 59.3 Å². The monoisotopic (exact) mass is 186 g/mol. The zero-order chi connectivity index (χ0) is 9.90. The van der Waals surface area contributed by atoms with Crippen LogP contribution in [0.3, 0.4) is 0 Å². The predicted molar refractivity (Wildman–Crippen MR) is 55.5 cm³/mol. The smallest absolute Gasteiger partial charge is 0.100 e. The molecule has 0 aromatic rings. The van der Waals surface area contributed by atoms with Crippen LogP contribution in [0.25, 0.3) is 0 Å². The van der Waals surface area contributed by atoms with E-state index in [4.69, 9.17) is 0 Å².